The van der Waals surface area contributed by atoms with E-state index in [4.69, 9.17) is 35.4 Å². The van der Waals surface area contributed by atoms with Crippen molar-refractivity contribution in [3.63, 3.8) is 0 Å². The molecule has 1 atom stereocenters. The summed E-state index contributed by atoms with van der Waals surface area (Å²) in [6, 6.07) is 2.28. The molecule has 1 rings (SSSR count). The van der Waals surface area contributed by atoms with Crippen LogP contribution in [-0.2, 0) is 10.0 Å². The monoisotopic (exact) mass is 306 g/mol. The van der Waals surface area contributed by atoms with Crippen LogP contribution in [0.15, 0.2) is 17.0 Å². The fourth-order valence-electron chi connectivity index (χ4n) is 1.30. The maximum Gasteiger partial charge on any atom is 0.242 e. The Morgan fingerprint density at radius 3 is 2.67 bits per heavy atom. The molecule has 1 aromatic rings. The second-order valence-electron chi connectivity index (χ2n) is 3.70. The van der Waals surface area contributed by atoms with Gasteiger partial charge in [0, 0.05) is 12.5 Å². The molecule has 0 amide bonds. The van der Waals surface area contributed by atoms with E-state index in [1.807, 2.05) is 0 Å². The van der Waals surface area contributed by atoms with Gasteiger partial charge in [-0.15, -0.1) is 12.3 Å². The van der Waals surface area contributed by atoms with Gasteiger partial charge < -0.3 is 5.73 Å². The molecule has 1 aromatic carbocycles. The topological polar surface area (TPSA) is 72.2 Å². The summed E-state index contributed by atoms with van der Waals surface area (Å²) in [6.07, 6.45) is 5.39. The fourth-order valence-corrected chi connectivity index (χ4v) is 3.31. The third-order valence-corrected chi connectivity index (χ3v) is 4.64. The maximum absolute atomic E-state index is 12.0. The molecule has 98 valence electrons. The fraction of sp³-hybridized carbons (Fsp3) is 0.273. The highest BCUT2D eigenvalue weighted by molar-refractivity contribution is 7.89. The number of hydrogen-bond acceptors (Lipinski definition) is 3. The van der Waals surface area contributed by atoms with Crippen LogP contribution in [0.1, 0.15) is 13.3 Å². The van der Waals surface area contributed by atoms with Crippen LogP contribution in [0, 0.1) is 12.3 Å². The quantitative estimate of drug-likeness (QED) is 0.662. The third-order valence-electron chi connectivity index (χ3n) is 2.16. The van der Waals surface area contributed by atoms with Crippen LogP contribution in [0.4, 0.5) is 5.69 Å². The lowest BCUT2D eigenvalue weighted by Crippen LogP contribution is -2.32. The summed E-state index contributed by atoms with van der Waals surface area (Å²) in [6.45, 7) is 1.66. The van der Waals surface area contributed by atoms with Gasteiger partial charge in [0.2, 0.25) is 10.0 Å². The molecule has 0 aliphatic heterocycles. The van der Waals surface area contributed by atoms with E-state index < -0.39 is 16.1 Å². The minimum atomic E-state index is -3.77. The minimum absolute atomic E-state index is 0.0332. The van der Waals surface area contributed by atoms with E-state index >= 15 is 0 Å². The summed E-state index contributed by atoms with van der Waals surface area (Å²) < 4.78 is 26.5. The zero-order chi connectivity index (χ0) is 13.9. The van der Waals surface area contributed by atoms with Crippen LogP contribution in [0.25, 0.3) is 0 Å². The number of rotatable bonds is 4. The Hall–Kier alpha value is -0.930. The van der Waals surface area contributed by atoms with E-state index in [9.17, 15) is 8.42 Å². The first-order valence-corrected chi connectivity index (χ1v) is 7.22. The summed E-state index contributed by atoms with van der Waals surface area (Å²) >= 11 is 11.6. The Morgan fingerprint density at radius 2 is 2.11 bits per heavy atom. The van der Waals surface area contributed by atoms with Gasteiger partial charge in [0.1, 0.15) is 4.90 Å². The Balaban J connectivity index is 3.15. The van der Waals surface area contributed by atoms with Gasteiger partial charge in [-0.05, 0) is 19.1 Å². The van der Waals surface area contributed by atoms with Crippen LogP contribution in [0.5, 0.6) is 0 Å². The van der Waals surface area contributed by atoms with Gasteiger partial charge in [0.15, 0.2) is 0 Å². The molecule has 0 radical (unpaired) electrons. The SMILES string of the molecule is C#CCC(C)NS(=O)(=O)c1ccc(Cl)c(N)c1Cl. The first-order valence-electron chi connectivity index (χ1n) is 4.99. The minimum Gasteiger partial charge on any atom is -0.396 e. The molecule has 0 saturated carbocycles. The predicted octanol–water partition coefficient (Wildman–Crippen LogP) is 2.27. The molecule has 4 nitrogen and oxygen atoms in total. The molecule has 1 unspecified atom stereocenters. The summed E-state index contributed by atoms with van der Waals surface area (Å²) in [5.41, 5.74) is 5.61. The molecule has 7 heteroatoms. The van der Waals surface area contributed by atoms with Gasteiger partial charge in [0.05, 0.1) is 15.7 Å². The highest BCUT2D eigenvalue weighted by Gasteiger charge is 2.22. The zero-order valence-electron chi connectivity index (χ0n) is 9.57. The molecule has 3 N–H and O–H groups in total. The molecule has 0 heterocycles. The van der Waals surface area contributed by atoms with Crippen LogP contribution in [0.2, 0.25) is 10.0 Å². The molecular weight excluding hydrogens is 295 g/mol. The van der Waals surface area contributed by atoms with Gasteiger partial charge in [-0.25, -0.2) is 13.1 Å². The van der Waals surface area contributed by atoms with Gasteiger partial charge in [-0.2, -0.15) is 0 Å². The van der Waals surface area contributed by atoms with Crippen molar-refractivity contribution in [2.75, 3.05) is 5.73 Å². The first-order chi connectivity index (χ1) is 8.29. The number of sulfonamides is 1. The number of nitrogen functional groups attached to an aromatic ring is 1. The lowest BCUT2D eigenvalue weighted by atomic mass is 10.3. The molecule has 0 aromatic heterocycles. The second-order valence-corrected chi connectivity index (χ2v) is 6.17. The van der Waals surface area contributed by atoms with E-state index in [0.717, 1.165) is 0 Å². The lowest BCUT2D eigenvalue weighted by molar-refractivity contribution is 0.564. The van der Waals surface area contributed by atoms with Crippen molar-refractivity contribution in [3.8, 4) is 12.3 Å². The van der Waals surface area contributed by atoms with Gasteiger partial charge in [-0.3, -0.25) is 0 Å². The number of terminal acetylenes is 1. The molecule has 18 heavy (non-hydrogen) atoms. The van der Waals surface area contributed by atoms with Gasteiger partial charge >= 0.3 is 0 Å². The Bertz CT molecular complexity index is 594. The van der Waals surface area contributed by atoms with Crippen molar-refractivity contribution in [2.45, 2.75) is 24.3 Å². The van der Waals surface area contributed by atoms with E-state index in [2.05, 4.69) is 10.6 Å². The summed E-state index contributed by atoms with van der Waals surface area (Å²) in [5.74, 6) is 2.37. The van der Waals surface area contributed by atoms with Crippen LogP contribution < -0.4 is 10.5 Å². The normalized spacial score (nSPS) is 13.0. The van der Waals surface area contributed by atoms with Crippen molar-refractivity contribution >= 4 is 38.9 Å². The highest BCUT2D eigenvalue weighted by Crippen LogP contribution is 2.33. The van der Waals surface area contributed by atoms with Gasteiger partial charge in [-0.1, -0.05) is 23.2 Å². The molecule has 0 aliphatic carbocycles. The Kier molecular flexibility index (Phi) is 4.88. The first kappa shape index (κ1) is 15.1. The Labute approximate surface area is 117 Å². The number of benzene rings is 1. The highest BCUT2D eigenvalue weighted by atomic mass is 35.5. The van der Waals surface area contributed by atoms with Crippen molar-refractivity contribution in [1.29, 1.82) is 0 Å². The summed E-state index contributed by atoms with van der Waals surface area (Å²) in [5, 5.41) is 0.110. The van der Waals surface area contributed by atoms with Crippen molar-refractivity contribution in [1.82, 2.24) is 4.72 Å². The Morgan fingerprint density at radius 1 is 1.50 bits per heavy atom. The number of nitrogens with two attached hydrogens (primary N) is 1. The maximum atomic E-state index is 12.0. The van der Waals surface area contributed by atoms with Gasteiger partial charge in [0.25, 0.3) is 0 Å². The average molecular weight is 307 g/mol. The number of nitrogens with one attached hydrogen (secondary N) is 1. The van der Waals surface area contributed by atoms with E-state index in [0.29, 0.717) is 0 Å². The van der Waals surface area contributed by atoms with E-state index in [1.54, 1.807) is 6.92 Å². The standard InChI is InChI=1S/C11H12Cl2N2O2S/c1-3-4-7(2)15-18(16,17)9-6-5-8(12)11(14)10(9)13/h1,5-7,15H,4,14H2,2H3. The number of anilines is 1. The smallest absolute Gasteiger partial charge is 0.242 e. The number of halogens is 2. The molecule has 0 spiro atoms. The van der Waals surface area contributed by atoms with Crippen LogP contribution in [-0.4, -0.2) is 14.5 Å². The van der Waals surface area contributed by atoms with E-state index in [-0.39, 0.29) is 27.0 Å². The van der Waals surface area contributed by atoms with Crippen molar-refractivity contribution < 1.29 is 8.42 Å². The molecular formula is C11H12Cl2N2O2S. The summed E-state index contributed by atoms with van der Waals surface area (Å²) in [7, 11) is -3.77. The zero-order valence-corrected chi connectivity index (χ0v) is 11.9. The van der Waals surface area contributed by atoms with Crippen LogP contribution >= 0.6 is 23.2 Å². The second kappa shape index (κ2) is 5.81. The number of hydrogen-bond donors (Lipinski definition) is 2. The molecule has 0 fully saturated rings. The largest absolute Gasteiger partial charge is 0.396 e. The average Bonchev–Trinajstić information content (AvgIpc) is 2.25. The van der Waals surface area contributed by atoms with Crippen molar-refractivity contribution in [3.05, 3.63) is 22.2 Å². The van der Waals surface area contributed by atoms with Crippen LogP contribution in [0.3, 0.4) is 0 Å². The summed E-state index contributed by atoms with van der Waals surface area (Å²) in [4.78, 5) is -0.116. The van der Waals surface area contributed by atoms with Crippen molar-refractivity contribution in [2.24, 2.45) is 0 Å². The third kappa shape index (κ3) is 3.30. The van der Waals surface area contributed by atoms with E-state index in [1.165, 1.54) is 12.1 Å². The molecule has 0 bridgehead atoms. The molecule has 0 aliphatic rings. The molecule has 0 saturated heterocycles. The predicted molar refractivity (Wildman–Crippen MR) is 74.1 cm³/mol. The lowest BCUT2D eigenvalue weighted by Gasteiger charge is -2.14.